The third kappa shape index (κ3) is 3.82. The molecule has 1 aliphatic heterocycles. The van der Waals surface area contributed by atoms with Crippen molar-refractivity contribution in [2.24, 2.45) is 11.8 Å². The molecule has 0 spiro atoms. The molecule has 1 atom stereocenters. The minimum atomic E-state index is -0.781. The Morgan fingerprint density at radius 2 is 1.95 bits per heavy atom. The summed E-state index contributed by atoms with van der Waals surface area (Å²) in [5, 5.41) is 9.04. The van der Waals surface area contributed by atoms with E-state index in [1.165, 1.54) is 5.57 Å². The van der Waals surface area contributed by atoms with E-state index in [1.807, 2.05) is 0 Å². The fourth-order valence-corrected chi connectivity index (χ4v) is 2.92. The summed E-state index contributed by atoms with van der Waals surface area (Å²) < 4.78 is 0. The molecule has 0 bridgehead atoms. The van der Waals surface area contributed by atoms with E-state index in [-0.39, 0.29) is 11.8 Å². The molecule has 2 aliphatic rings. The van der Waals surface area contributed by atoms with Crippen LogP contribution >= 0.6 is 0 Å². The van der Waals surface area contributed by atoms with Crippen LogP contribution in [0.4, 0.5) is 0 Å². The van der Waals surface area contributed by atoms with Crippen LogP contribution in [0, 0.1) is 11.8 Å². The summed E-state index contributed by atoms with van der Waals surface area (Å²) >= 11 is 0. The highest BCUT2D eigenvalue weighted by atomic mass is 16.4. The molecule has 0 radical (unpaired) electrons. The topological polar surface area (TPSA) is 57.6 Å². The van der Waals surface area contributed by atoms with Gasteiger partial charge in [-0.05, 0) is 44.4 Å². The highest BCUT2D eigenvalue weighted by Crippen LogP contribution is 2.28. The van der Waals surface area contributed by atoms with Crippen molar-refractivity contribution < 1.29 is 14.7 Å². The van der Waals surface area contributed by atoms with Crippen molar-refractivity contribution in [3.8, 4) is 0 Å². The van der Waals surface area contributed by atoms with Crippen LogP contribution in [0.2, 0.25) is 0 Å². The summed E-state index contributed by atoms with van der Waals surface area (Å²) in [5.74, 6) is -0.395. The smallest absolute Gasteiger partial charge is 0.308 e. The summed E-state index contributed by atoms with van der Waals surface area (Å²) in [7, 11) is 0. The number of carboxylic acid groups (broad SMARTS) is 1. The van der Waals surface area contributed by atoms with E-state index < -0.39 is 5.97 Å². The maximum Gasteiger partial charge on any atom is 0.308 e. The van der Waals surface area contributed by atoms with Gasteiger partial charge in [0.1, 0.15) is 0 Å². The van der Waals surface area contributed by atoms with Crippen LogP contribution in [0.15, 0.2) is 11.6 Å². The van der Waals surface area contributed by atoms with Gasteiger partial charge < -0.3 is 10.0 Å². The van der Waals surface area contributed by atoms with Crippen molar-refractivity contribution in [3.05, 3.63) is 11.6 Å². The van der Waals surface area contributed by atoms with Crippen LogP contribution in [0.3, 0.4) is 0 Å². The maximum absolute atomic E-state index is 12.2. The number of carboxylic acids is 1. The summed E-state index contributed by atoms with van der Waals surface area (Å²) in [5.41, 5.74) is 1.24. The Labute approximate surface area is 114 Å². The van der Waals surface area contributed by atoms with Gasteiger partial charge in [0.05, 0.1) is 5.92 Å². The molecule has 1 saturated heterocycles. The number of likely N-dealkylation sites (tertiary alicyclic amines) is 1. The van der Waals surface area contributed by atoms with Gasteiger partial charge in [-0.2, -0.15) is 0 Å². The maximum atomic E-state index is 12.2. The molecule has 0 aromatic heterocycles. The van der Waals surface area contributed by atoms with E-state index >= 15 is 0 Å². The second-order valence-electron chi connectivity index (χ2n) is 5.95. The monoisotopic (exact) mass is 265 g/mol. The number of carbonyl (C=O) groups is 2. The van der Waals surface area contributed by atoms with Crippen LogP contribution in [0.5, 0.6) is 0 Å². The average molecular weight is 265 g/mol. The standard InChI is InChI=1S/C15H23NO3/c1-11-4-6-12(7-5-11)9-14(17)16-8-2-3-13(10-16)15(18)19/h9,11,13H,2-8,10H2,1H3,(H,18,19)/t11?,13-/m0/s1. The van der Waals surface area contributed by atoms with E-state index in [2.05, 4.69) is 6.92 Å². The van der Waals surface area contributed by atoms with Gasteiger partial charge in [-0.3, -0.25) is 9.59 Å². The fraction of sp³-hybridized carbons (Fsp3) is 0.733. The normalized spacial score (nSPS) is 28.1. The van der Waals surface area contributed by atoms with Crippen LogP contribution < -0.4 is 0 Å². The molecular formula is C15H23NO3. The molecule has 0 aromatic carbocycles. The molecule has 1 amide bonds. The van der Waals surface area contributed by atoms with Gasteiger partial charge in [0.25, 0.3) is 0 Å². The van der Waals surface area contributed by atoms with E-state index in [0.717, 1.165) is 38.0 Å². The van der Waals surface area contributed by atoms with E-state index in [1.54, 1.807) is 11.0 Å². The van der Waals surface area contributed by atoms with Crippen molar-refractivity contribution in [2.45, 2.75) is 45.4 Å². The molecule has 0 unspecified atom stereocenters. The Hall–Kier alpha value is -1.32. The number of aliphatic carboxylic acids is 1. The molecule has 1 aliphatic carbocycles. The van der Waals surface area contributed by atoms with Crippen molar-refractivity contribution in [1.82, 2.24) is 4.90 Å². The molecular weight excluding hydrogens is 242 g/mol. The lowest BCUT2D eigenvalue weighted by Gasteiger charge is -2.30. The predicted octanol–water partition coefficient (Wildman–Crippen LogP) is 2.45. The van der Waals surface area contributed by atoms with E-state index in [9.17, 15) is 9.59 Å². The highest BCUT2D eigenvalue weighted by Gasteiger charge is 2.27. The lowest BCUT2D eigenvalue weighted by Crippen LogP contribution is -2.41. The Balaban J connectivity index is 1.92. The van der Waals surface area contributed by atoms with Crippen LogP contribution in [-0.4, -0.2) is 35.0 Å². The van der Waals surface area contributed by atoms with Crippen molar-refractivity contribution in [2.75, 3.05) is 13.1 Å². The minimum absolute atomic E-state index is 0.00973. The fourth-order valence-electron chi connectivity index (χ4n) is 2.92. The SMILES string of the molecule is CC1CCC(=CC(=O)N2CCC[C@H](C(=O)O)C2)CC1. The molecule has 1 saturated carbocycles. The molecule has 106 valence electrons. The third-order valence-corrected chi connectivity index (χ3v) is 4.33. The molecule has 0 aromatic rings. The Kier molecular flexibility index (Phi) is 4.61. The highest BCUT2D eigenvalue weighted by molar-refractivity contribution is 5.88. The van der Waals surface area contributed by atoms with Crippen LogP contribution in [0.1, 0.15) is 45.4 Å². The quantitative estimate of drug-likeness (QED) is 0.780. The lowest BCUT2D eigenvalue weighted by atomic mass is 9.87. The third-order valence-electron chi connectivity index (χ3n) is 4.33. The molecule has 4 heteroatoms. The number of hydrogen-bond acceptors (Lipinski definition) is 2. The van der Waals surface area contributed by atoms with E-state index in [4.69, 9.17) is 5.11 Å². The Bertz CT molecular complexity index is 379. The Morgan fingerprint density at radius 3 is 2.58 bits per heavy atom. The Morgan fingerprint density at radius 1 is 1.26 bits per heavy atom. The summed E-state index contributed by atoms with van der Waals surface area (Å²) in [6.07, 6.45) is 7.60. The zero-order chi connectivity index (χ0) is 13.8. The molecule has 4 nitrogen and oxygen atoms in total. The van der Waals surface area contributed by atoms with Crippen LogP contribution in [-0.2, 0) is 9.59 Å². The van der Waals surface area contributed by atoms with Crippen molar-refractivity contribution >= 4 is 11.9 Å². The van der Waals surface area contributed by atoms with E-state index in [0.29, 0.717) is 19.5 Å². The second kappa shape index (κ2) is 6.22. The van der Waals surface area contributed by atoms with Gasteiger partial charge in [0, 0.05) is 19.2 Å². The van der Waals surface area contributed by atoms with Gasteiger partial charge >= 0.3 is 5.97 Å². The summed E-state index contributed by atoms with van der Waals surface area (Å²) in [6.45, 7) is 3.32. The lowest BCUT2D eigenvalue weighted by molar-refractivity contribution is -0.144. The average Bonchev–Trinajstić information content (AvgIpc) is 2.41. The zero-order valence-corrected chi connectivity index (χ0v) is 11.6. The summed E-state index contributed by atoms with van der Waals surface area (Å²) in [6, 6.07) is 0. The van der Waals surface area contributed by atoms with Gasteiger partial charge in [0.2, 0.25) is 5.91 Å². The molecule has 2 fully saturated rings. The first kappa shape index (κ1) is 14.1. The first-order chi connectivity index (χ1) is 9.06. The molecule has 1 heterocycles. The molecule has 2 rings (SSSR count). The van der Waals surface area contributed by atoms with Crippen LogP contribution in [0.25, 0.3) is 0 Å². The van der Waals surface area contributed by atoms with Gasteiger partial charge in [-0.25, -0.2) is 0 Å². The van der Waals surface area contributed by atoms with Gasteiger partial charge in [0.15, 0.2) is 0 Å². The first-order valence-corrected chi connectivity index (χ1v) is 7.27. The van der Waals surface area contributed by atoms with Gasteiger partial charge in [-0.1, -0.05) is 12.5 Å². The number of hydrogen-bond donors (Lipinski definition) is 1. The number of allylic oxidation sites excluding steroid dienone is 1. The summed E-state index contributed by atoms with van der Waals surface area (Å²) in [4.78, 5) is 24.9. The number of nitrogens with zero attached hydrogens (tertiary/aromatic N) is 1. The molecule has 1 N–H and O–H groups in total. The zero-order valence-electron chi connectivity index (χ0n) is 11.6. The first-order valence-electron chi connectivity index (χ1n) is 7.27. The number of carbonyl (C=O) groups excluding carboxylic acids is 1. The van der Waals surface area contributed by atoms with Crippen molar-refractivity contribution in [1.29, 1.82) is 0 Å². The van der Waals surface area contributed by atoms with Gasteiger partial charge in [-0.15, -0.1) is 0 Å². The predicted molar refractivity (Wildman–Crippen MR) is 72.7 cm³/mol. The number of amides is 1. The largest absolute Gasteiger partial charge is 0.481 e. The second-order valence-corrected chi connectivity index (χ2v) is 5.95. The minimum Gasteiger partial charge on any atom is -0.481 e. The molecule has 19 heavy (non-hydrogen) atoms. The number of piperidine rings is 1. The number of rotatable bonds is 2. The van der Waals surface area contributed by atoms with Crippen molar-refractivity contribution in [3.63, 3.8) is 0 Å².